The standard InChI is InChI=1S/C10H15BrN2O4S/c11-9-7-8(1-2-10(9)12)18(16,17)13(3-5-14)4-6-15/h1-2,7,14-15H,3-6,12H2. The Morgan fingerprint density at radius 2 is 1.78 bits per heavy atom. The molecule has 0 fully saturated rings. The molecule has 0 amide bonds. The van der Waals surface area contributed by atoms with Crippen molar-refractivity contribution in [2.75, 3.05) is 32.0 Å². The lowest BCUT2D eigenvalue weighted by molar-refractivity contribution is 0.217. The van der Waals surface area contributed by atoms with Gasteiger partial charge in [-0.1, -0.05) is 0 Å². The maximum Gasteiger partial charge on any atom is 0.243 e. The molecular formula is C10H15BrN2O4S. The van der Waals surface area contributed by atoms with Crippen molar-refractivity contribution in [3.8, 4) is 0 Å². The van der Waals surface area contributed by atoms with Gasteiger partial charge in [-0.2, -0.15) is 4.31 Å². The Bertz CT molecular complexity index is 501. The summed E-state index contributed by atoms with van der Waals surface area (Å²) in [6, 6.07) is 4.26. The second kappa shape index (κ2) is 6.48. The van der Waals surface area contributed by atoms with E-state index in [1.807, 2.05) is 0 Å². The van der Waals surface area contributed by atoms with Crippen molar-refractivity contribution in [2.24, 2.45) is 0 Å². The molecule has 0 aliphatic rings. The fourth-order valence-corrected chi connectivity index (χ4v) is 3.37. The fraction of sp³-hybridized carbons (Fsp3) is 0.400. The zero-order valence-electron chi connectivity index (χ0n) is 9.58. The molecule has 1 rings (SSSR count). The number of hydrogen-bond donors (Lipinski definition) is 3. The lowest BCUT2D eigenvalue weighted by Crippen LogP contribution is -2.35. The number of aliphatic hydroxyl groups excluding tert-OH is 2. The summed E-state index contributed by atoms with van der Waals surface area (Å²) in [5, 5.41) is 17.7. The van der Waals surface area contributed by atoms with E-state index in [1.165, 1.54) is 18.2 Å². The van der Waals surface area contributed by atoms with Crippen LogP contribution >= 0.6 is 15.9 Å². The molecule has 0 aliphatic carbocycles. The van der Waals surface area contributed by atoms with Crippen LogP contribution in [0.4, 0.5) is 5.69 Å². The summed E-state index contributed by atoms with van der Waals surface area (Å²) in [4.78, 5) is 0.0606. The normalized spacial score (nSPS) is 12.0. The molecule has 8 heteroatoms. The molecule has 102 valence electrons. The third kappa shape index (κ3) is 3.42. The van der Waals surface area contributed by atoms with Gasteiger partial charge in [0.25, 0.3) is 0 Å². The minimum atomic E-state index is -3.74. The van der Waals surface area contributed by atoms with E-state index in [9.17, 15) is 8.42 Å². The van der Waals surface area contributed by atoms with Crippen molar-refractivity contribution in [1.82, 2.24) is 4.31 Å². The van der Waals surface area contributed by atoms with Crippen molar-refractivity contribution < 1.29 is 18.6 Å². The van der Waals surface area contributed by atoms with Gasteiger partial charge in [0.15, 0.2) is 0 Å². The number of aliphatic hydroxyl groups is 2. The summed E-state index contributed by atoms with van der Waals surface area (Å²) in [6.07, 6.45) is 0. The van der Waals surface area contributed by atoms with Crippen LogP contribution in [0.5, 0.6) is 0 Å². The number of hydrogen-bond acceptors (Lipinski definition) is 5. The third-order valence-corrected chi connectivity index (χ3v) is 4.89. The minimum Gasteiger partial charge on any atom is -0.398 e. The number of anilines is 1. The number of halogens is 1. The molecule has 1 aromatic carbocycles. The van der Waals surface area contributed by atoms with Gasteiger partial charge in [0, 0.05) is 23.2 Å². The summed E-state index contributed by atoms with van der Waals surface area (Å²) in [6.45, 7) is -0.749. The molecule has 0 saturated carbocycles. The van der Waals surface area contributed by atoms with E-state index in [0.29, 0.717) is 10.2 Å². The quantitative estimate of drug-likeness (QED) is 0.633. The average molecular weight is 339 g/mol. The zero-order valence-corrected chi connectivity index (χ0v) is 12.0. The molecule has 0 bridgehead atoms. The summed E-state index contributed by atoms with van der Waals surface area (Å²) < 4.78 is 25.9. The van der Waals surface area contributed by atoms with Crippen LogP contribution in [0.2, 0.25) is 0 Å². The van der Waals surface area contributed by atoms with Crippen molar-refractivity contribution in [3.05, 3.63) is 22.7 Å². The van der Waals surface area contributed by atoms with Gasteiger partial charge in [-0.15, -0.1) is 0 Å². The van der Waals surface area contributed by atoms with Crippen molar-refractivity contribution in [1.29, 1.82) is 0 Å². The lowest BCUT2D eigenvalue weighted by Gasteiger charge is -2.20. The van der Waals surface area contributed by atoms with Crippen molar-refractivity contribution in [2.45, 2.75) is 4.90 Å². The van der Waals surface area contributed by atoms with Gasteiger partial charge < -0.3 is 15.9 Å². The maximum atomic E-state index is 12.2. The number of rotatable bonds is 6. The van der Waals surface area contributed by atoms with Crippen LogP contribution < -0.4 is 5.73 Å². The molecule has 0 saturated heterocycles. The molecule has 0 aromatic heterocycles. The number of nitrogen functional groups attached to an aromatic ring is 1. The highest BCUT2D eigenvalue weighted by Crippen LogP contribution is 2.24. The first-order valence-electron chi connectivity index (χ1n) is 5.20. The zero-order chi connectivity index (χ0) is 13.8. The highest BCUT2D eigenvalue weighted by atomic mass is 79.9. The topological polar surface area (TPSA) is 104 Å². The average Bonchev–Trinajstić information content (AvgIpc) is 2.32. The van der Waals surface area contributed by atoms with Gasteiger partial charge >= 0.3 is 0 Å². The molecule has 1 aromatic rings. The van der Waals surface area contributed by atoms with E-state index in [4.69, 9.17) is 15.9 Å². The van der Waals surface area contributed by atoms with Crippen molar-refractivity contribution in [3.63, 3.8) is 0 Å². The second-order valence-electron chi connectivity index (χ2n) is 3.53. The Hall–Kier alpha value is -0.670. The minimum absolute atomic E-state index is 0.0606. The van der Waals surface area contributed by atoms with Gasteiger partial charge in [-0.05, 0) is 34.1 Å². The van der Waals surface area contributed by atoms with Gasteiger partial charge in [0.05, 0.1) is 18.1 Å². The Kier molecular flexibility index (Phi) is 5.54. The molecule has 0 atom stereocenters. The predicted octanol–water partition coefficient (Wildman–Crippen LogP) is 0.00660. The van der Waals surface area contributed by atoms with Gasteiger partial charge in [-0.25, -0.2) is 8.42 Å². The molecule has 0 unspecified atom stereocenters. The summed E-state index contributed by atoms with van der Waals surface area (Å²) in [7, 11) is -3.74. The first-order chi connectivity index (χ1) is 8.43. The van der Waals surface area contributed by atoms with Gasteiger partial charge in [-0.3, -0.25) is 0 Å². The van der Waals surface area contributed by atoms with E-state index in [-0.39, 0.29) is 31.2 Å². The van der Waals surface area contributed by atoms with E-state index in [0.717, 1.165) is 4.31 Å². The lowest BCUT2D eigenvalue weighted by atomic mass is 10.3. The Labute approximate surface area is 114 Å². The second-order valence-corrected chi connectivity index (χ2v) is 6.33. The molecule has 6 nitrogen and oxygen atoms in total. The molecule has 18 heavy (non-hydrogen) atoms. The Morgan fingerprint density at radius 1 is 1.22 bits per heavy atom. The molecule has 0 spiro atoms. The van der Waals surface area contributed by atoms with Crippen LogP contribution in [-0.4, -0.2) is 49.2 Å². The number of sulfonamides is 1. The van der Waals surface area contributed by atoms with E-state index in [2.05, 4.69) is 15.9 Å². The Balaban J connectivity index is 3.13. The summed E-state index contributed by atoms with van der Waals surface area (Å²) in [5.74, 6) is 0. The smallest absolute Gasteiger partial charge is 0.243 e. The van der Waals surface area contributed by atoms with E-state index in [1.54, 1.807) is 0 Å². The first-order valence-corrected chi connectivity index (χ1v) is 7.43. The molecule has 4 N–H and O–H groups in total. The molecule has 0 radical (unpaired) electrons. The Morgan fingerprint density at radius 3 is 2.22 bits per heavy atom. The maximum absolute atomic E-state index is 12.2. The molecule has 0 aliphatic heterocycles. The fourth-order valence-electron chi connectivity index (χ4n) is 1.39. The van der Waals surface area contributed by atoms with Gasteiger partial charge in [0.1, 0.15) is 0 Å². The molecule has 0 heterocycles. The first kappa shape index (κ1) is 15.4. The van der Waals surface area contributed by atoms with Gasteiger partial charge in [0.2, 0.25) is 10.0 Å². The summed E-state index contributed by atoms with van der Waals surface area (Å²) >= 11 is 3.16. The number of nitrogens with two attached hydrogens (primary N) is 1. The van der Waals surface area contributed by atoms with E-state index >= 15 is 0 Å². The SMILES string of the molecule is Nc1ccc(S(=O)(=O)N(CCO)CCO)cc1Br. The number of nitrogens with zero attached hydrogens (tertiary/aromatic N) is 1. The largest absolute Gasteiger partial charge is 0.398 e. The van der Waals surface area contributed by atoms with Crippen LogP contribution in [0.15, 0.2) is 27.6 Å². The third-order valence-electron chi connectivity index (χ3n) is 2.31. The highest BCUT2D eigenvalue weighted by Gasteiger charge is 2.23. The monoisotopic (exact) mass is 338 g/mol. The van der Waals surface area contributed by atoms with Crippen molar-refractivity contribution >= 4 is 31.6 Å². The van der Waals surface area contributed by atoms with Crippen LogP contribution in [0, 0.1) is 0 Å². The van der Waals surface area contributed by atoms with Crippen LogP contribution in [0.1, 0.15) is 0 Å². The van der Waals surface area contributed by atoms with Crippen LogP contribution in [0.25, 0.3) is 0 Å². The highest BCUT2D eigenvalue weighted by molar-refractivity contribution is 9.10. The number of benzene rings is 1. The van der Waals surface area contributed by atoms with Crippen LogP contribution in [0.3, 0.4) is 0 Å². The predicted molar refractivity (Wildman–Crippen MR) is 71.5 cm³/mol. The summed E-state index contributed by atoms with van der Waals surface area (Å²) in [5.41, 5.74) is 6.03. The van der Waals surface area contributed by atoms with E-state index < -0.39 is 10.0 Å². The van der Waals surface area contributed by atoms with Crippen LogP contribution in [-0.2, 0) is 10.0 Å². The molecular weight excluding hydrogens is 324 g/mol.